The molecule has 0 aliphatic rings. The van der Waals surface area contributed by atoms with Gasteiger partial charge >= 0.3 is 0 Å². The van der Waals surface area contributed by atoms with Crippen molar-refractivity contribution in [1.82, 2.24) is 10.6 Å². The van der Waals surface area contributed by atoms with Crippen LogP contribution in [-0.2, 0) is 17.9 Å². The molecule has 3 rings (SSSR count). The molecule has 0 aromatic heterocycles. The summed E-state index contributed by atoms with van der Waals surface area (Å²) in [5.41, 5.74) is 9.95. The number of amides is 2. The molecule has 0 aliphatic heterocycles. The van der Waals surface area contributed by atoms with Crippen molar-refractivity contribution in [2.45, 2.75) is 26.1 Å². The van der Waals surface area contributed by atoms with Crippen molar-refractivity contribution in [3.8, 4) is 11.1 Å². The molecule has 0 saturated heterocycles. The van der Waals surface area contributed by atoms with Gasteiger partial charge in [-0.3, -0.25) is 9.59 Å². The highest BCUT2D eigenvalue weighted by Gasteiger charge is 2.13. The van der Waals surface area contributed by atoms with Crippen LogP contribution >= 0.6 is 0 Å². The summed E-state index contributed by atoms with van der Waals surface area (Å²) in [5, 5.41) is 5.79. The minimum atomic E-state index is -0.549. The van der Waals surface area contributed by atoms with E-state index in [2.05, 4.69) is 10.6 Å². The Bertz CT molecular complexity index is 984. The van der Waals surface area contributed by atoms with E-state index in [1.54, 1.807) is 6.92 Å². The van der Waals surface area contributed by atoms with E-state index in [9.17, 15) is 9.59 Å². The number of hydrogen-bond acceptors (Lipinski definition) is 3. The lowest BCUT2D eigenvalue weighted by atomic mass is 9.97. The zero-order valence-corrected chi connectivity index (χ0v) is 16.4. The first kappa shape index (κ1) is 20.3. The average molecular weight is 387 g/mol. The van der Waals surface area contributed by atoms with Gasteiger partial charge in [-0.25, -0.2) is 0 Å². The van der Waals surface area contributed by atoms with E-state index in [4.69, 9.17) is 5.73 Å². The third kappa shape index (κ3) is 5.53. The fraction of sp³-hybridized carbons (Fsp3) is 0.167. The summed E-state index contributed by atoms with van der Waals surface area (Å²) in [6.45, 7) is 2.50. The van der Waals surface area contributed by atoms with Crippen LogP contribution in [0, 0.1) is 0 Å². The fourth-order valence-corrected chi connectivity index (χ4v) is 3.01. The second-order valence-electron chi connectivity index (χ2n) is 6.92. The van der Waals surface area contributed by atoms with Crippen LogP contribution in [-0.4, -0.2) is 17.9 Å². The number of nitrogens with two attached hydrogens (primary N) is 1. The number of carbonyl (C=O) groups is 2. The maximum absolute atomic E-state index is 12.8. The summed E-state index contributed by atoms with van der Waals surface area (Å²) in [5.74, 6) is -0.323. The van der Waals surface area contributed by atoms with Gasteiger partial charge in [0.1, 0.15) is 0 Å². The van der Waals surface area contributed by atoms with Crippen LogP contribution in [0.1, 0.15) is 28.4 Å². The molecular formula is C24H25N3O2. The van der Waals surface area contributed by atoms with Crippen LogP contribution in [0.4, 0.5) is 0 Å². The van der Waals surface area contributed by atoms with Crippen molar-refractivity contribution in [3.63, 3.8) is 0 Å². The summed E-state index contributed by atoms with van der Waals surface area (Å²) < 4.78 is 0. The Kier molecular flexibility index (Phi) is 6.76. The normalized spacial score (nSPS) is 11.5. The minimum Gasteiger partial charge on any atom is -0.351 e. The third-order valence-corrected chi connectivity index (χ3v) is 4.59. The SMILES string of the molecule is CC(N)C(=O)NCc1cccc(-c2ccccc2C(=O)NCc2ccccc2)c1. The van der Waals surface area contributed by atoms with Crippen LogP contribution in [0.3, 0.4) is 0 Å². The molecule has 3 aromatic carbocycles. The van der Waals surface area contributed by atoms with Crippen LogP contribution < -0.4 is 16.4 Å². The minimum absolute atomic E-state index is 0.125. The third-order valence-electron chi connectivity index (χ3n) is 4.59. The van der Waals surface area contributed by atoms with Gasteiger partial charge in [-0.05, 0) is 41.3 Å². The lowest BCUT2D eigenvalue weighted by Crippen LogP contribution is -2.37. The number of nitrogens with one attached hydrogen (secondary N) is 2. The first-order valence-electron chi connectivity index (χ1n) is 9.58. The predicted molar refractivity (Wildman–Crippen MR) is 115 cm³/mol. The smallest absolute Gasteiger partial charge is 0.252 e. The number of hydrogen-bond donors (Lipinski definition) is 3. The largest absolute Gasteiger partial charge is 0.351 e. The van der Waals surface area contributed by atoms with Gasteiger partial charge < -0.3 is 16.4 Å². The van der Waals surface area contributed by atoms with E-state index >= 15 is 0 Å². The second kappa shape index (κ2) is 9.66. The van der Waals surface area contributed by atoms with E-state index in [0.29, 0.717) is 18.7 Å². The van der Waals surface area contributed by atoms with Crippen molar-refractivity contribution < 1.29 is 9.59 Å². The van der Waals surface area contributed by atoms with Crippen molar-refractivity contribution in [3.05, 3.63) is 95.6 Å². The molecule has 29 heavy (non-hydrogen) atoms. The Hall–Kier alpha value is -3.44. The van der Waals surface area contributed by atoms with Gasteiger partial charge in [0.05, 0.1) is 6.04 Å². The molecule has 1 atom stereocenters. The Balaban J connectivity index is 1.77. The molecule has 0 radical (unpaired) electrons. The Morgan fingerprint density at radius 1 is 0.828 bits per heavy atom. The summed E-state index contributed by atoms with van der Waals surface area (Å²) in [6.07, 6.45) is 0. The molecule has 1 unspecified atom stereocenters. The molecule has 0 bridgehead atoms. The summed E-state index contributed by atoms with van der Waals surface area (Å²) in [4.78, 5) is 24.5. The summed E-state index contributed by atoms with van der Waals surface area (Å²) in [7, 11) is 0. The van der Waals surface area contributed by atoms with Crippen LogP contribution in [0.5, 0.6) is 0 Å². The molecule has 0 fully saturated rings. The molecule has 4 N–H and O–H groups in total. The van der Waals surface area contributed by atoms with Gasteiger partial charge in [0.25, 0.3) is 5.91 Å². The second-order valence-corrected chi connectivity index (χ2v) is 6.92. The quantitative estimate of drug-likeness (QED) is 0.582. The standard InChI is InChI=1S/C24H25N3O2/c1-17(25)23(28)26-16-19-10-7-11-20(14-19)21-12-5-6-13-22(21)24(29)27-15-18-8-3-2-4-9-18/h2-14,17H,15-16,25H2,1H3,(H,26,28)(H,27,29). The fourth-order valence-electron chi connectivity index (χ4n) is 3.01. The molecule has 0 aliphatic carbocycles. The zero-order chi connectivity index (χ0) is 20.6. The topological polar surface area (TPSA) is 84.2 Å². The Labute approximate surface area is 170 Å². The number of rotatable bonds is 7. The van der Waals surface area contributed by atoms with Crippen molar-refractivity contribution in [1.29, 1.82) is 0 Å². The van der Waals surface area contributed by atoms with E-state index in [1.807, 2.05) is 78.9 Å². The van der Waals surface area contributed by atoms with E-state index in [0.717, 1.165) is 22.3 Å². The van der Waals surface area contributed by atoms with Crippen LogP contribution in [0.2, 0.25) is 0 Å². The van der Waals surface area contributed by atoms with E-state index in [-0.39, 0.29) is 11.8 Å². The van der Waals surface area contributed by atoms with Gasteiger partial charge in [0.15, 0.2) is 0 Å². The number of benzene rings is 3. The van der Waals surface area contributed by atoms with Crippen molar-refractivity contribution >= 4 is 11.8 Å². The maximum Gasteiger partial charge on any atom is 0.252 e. The molecule has 3 aromatic rings. The van der Waals surface area contributed by atoms with Gasteiger partial charge in [-0.1, -0.05) is 66.7 Å². The van der Waals surface area contributed by atoms with Gasteiger partial charge in [0.2, 0.25) is 5.91 Å². The van der Waals surface area contributed by atoms with Gasteiger partial charge in [-0.2, -0.15) is 0 Å². The summed E-state index contributed by atoms with van der Waals surface area (Å²) >= 11 is 0. The molecule has 2 amide bonds. The average Bonchev–Trinajstić information content (AvgIpc) is 2.76. The van der Waals surface area contributed by atoms with E-state index in [1.165, 1.54) is 0 Å². The van der Waals surface area contributed by atoms with Crippen LogP contribution in [0.15, 0.2) is 78.9 Å². The van der Waals surface area contributed by atoms with E-state index < -0.39 is 6.04 Å². The Morgan fingerprint density at radius 3 is 2.24 bits per heavy atom. The lowest BCUT2D eigenvalue weighted by Gasteiger charge is -2.12. The van der Waals surface area contributed by atoms with Crippen molar-refractivity contribution in [2.75, 3.05) is 0 Å². The molecule has 148 valence electrons. The zero-order valence-electron chi connectivity index (χ0n) is 16.4. The lowest BCUT2D eigenvalue weighted by molar-refractivity contribution is -0.122. The monoisotopic (exact) mass is 387 g/mol. The summed E-state index contributed by atoms with van der Waals surface area (Å²) in [6, 6.07) is 24.6. The Morgan fingerprint density at radius 2 is 1.48 bits per heavy atom. The molecule has 0 heterocycles. The molecule has 5 nitrogen and oxygen atoms in total. The molecule has 0 saturated carbocycles. The van der Waals surface area contributed by atoms with Gasteiger partial charge in [0, 0.05) is 18.7 Å². The van der Waals surface area contributed by atoms with Crippen molar-refractivity contribution in [2.24, 2.45) is 5.73 Å². The predicted octanol–water partition coefficient (Wildman–Crippen LogP) is 3.25. The maximum atomic E-state index is 12.8. The van der Waals surface area contributed by atoms with Gasteiger partial charge in [-0.15, -0.1) is 0 Å². The van der Waals surface area contributed by atoms with Crippen LogP contribution in [0.25, 0.3) is 11.1 Å². The highest BCUT2D eigenvalue weighted by molar-refractivity contribution is 6.00. The first-order chi connectivity index (χ1) is 14.0. The molecular weight excluding hydrogens is 362 g/mol. The highest BCUT2D eigenvalue weighted by atomic mass is 16.2. The number of carbonyl (C=O) groups excluding carboxylic acids is 2. The molecule has 5 heteroatoms. The first-order valence-corrected chi connectivity index (χ1v) is 9.58. The molecule has 0 spiro atoms. The highest BCUT2D eigenvalue weighted by Crippen LogP contribution is 2.25.